The third kappa shape index (κ3) is 5.18. The molecular weight excluding hydrogens is 438 g/mol. The van der Waals surface area contributed by atoms with Crippen LogP contribution < -0.4 is 5.32 Å². The van der Waals surface area contributed by atoms with Gasteiger partial charge in [0.25, 0.3) is 0 Å². The van der Waals surface area contributed by atoms with Gasteiger partial charge in [-0.05, 0) is 54.7 Å². The van der Waals surface area contributed by atoms with Gasteiger partial charge in [0.05, 0.1) is 22.9 Å². The van der Waals surface area contributed by atoms with Gasteiger partial charge in [0, 0.05) is 5.02 Å². The van der Waals surface area contributed by atoms with E-state index in [0.29, 0.717) is 23.4 Å². The van der Waals surface area contributed by atoms with Gasteiger partial charge in [-0.25, -0.2) is 4.39 Å². The van der Waals surface area contributed by atoms with Gasteiger partial charge in [-0.1, -0.05) is 36.7 Å². The Balaban J connectivity index is 1.88. The van der Waals surface area contributed by atoms with Crippen LogP contribution in [0, 0.1) is 17.2 Å². The van der Waals surface area contributed by atoms with Crippen molar-refractivity contribution in [3.05, 3.63) is 64.4 Å². The molecule has 166 valence electrons. The number of halogens is 5. The van der Waals surface area contributed by atoms with Crippen LogP contribution in [0.2, 0.25) is 5.02 Å². The van der Waals surface area contributed by atoms with Crippen LogP contribution in [0.1, 0.15) is 36.8 Å². The van der Waals surface area contributed by atoms with E-state index in [1.807, 2.05) is 0 Å². The molecule has 1 fully saturated rings. The number of anilines is 1. The molecule has 1 aliphatic carbocycles. The molecule has 4 nitrogen and oxygen atoms in total. The average molecular weight is 458 g/mol. The molecule has 31 heavy (non-hydrogen) atoms. The lowest BCUT2D eigenvalue weighted by Gasteiger charge is -2.26. The summed E-state index contributed by atoms with van der Waals surface area (Å²) in [5.74, 6) is -6.48. The SMILES string of the molecule is C[C@H]([C@H](C(=O)Nc1cc(CC2(C(=O)O)CC2)ccc1F)c1ccc(Cl)cc1)C(F)(F)F. The molecule has 2 aromatic rings. The van der Waals surface area contributed by atoms with Gasteiger partial charge in [-0.3, -0.25) is 9.59 Å². The van der Waals surface area contributed by atoms with E-state index in [1.165, 1.54) is 36.4 Å². The fraction of sp³-hybridized carbons (Fsp3) is 0.364. The minimum atomic E-state index is -4.66. The van der Waals surface area contributed by atoms with Crippen LogP contribution in [0.5, 0.6) is 0 Å². The Labute approximate surface area is 181 Å². The van der Waals surface area contributed by atoms with E-state index >= 15 is 0 Å². The first-order valence-corrected chi connectivity index (χ1v) is 9.96. The second kappa shape index (κ2) is 8.49. The Morgan fingerprint density at radius 2 is 1.77 bits per heavy atom. The molecule has 2 N–H and O–H groups in total. The van der Waals surface area contributed by atoms with Crippen molar-refractivity contribution in [2.45, 2.75) is 38.3 Å². The molecule has 2 atom stereocenters. The van der Waals surface area contributed by atoms with Crippen molar-refractivity contribution in [2.24, 2.45) is 11.3 Å². The highest BCUT2D eigenvalue weighted by molar-refractivity contribution is 6.30. The molecule has 9 heteroatoms. The summed E-state index contributed by atoms with van der Waals surface area (Å²) >= 11 is 5.80. The number of hydrogen-bond acceptors (Lipinski definition) is 2. The van der Waals surface area contributed by atoms with Crippen LogP contribution in [0.25, 0.3) is 0 Å². The molecule has 0 aliphatic heterocycles. The van der Waals surface area contributed by atoms with E-state index in [1.54, 1.807) is 0 Å². The average Bonchev–Trinajstić information content (AvgIpc) is 3.46. The van der Waals surface area contributed by atoms with Crippen molar-refractivity contribution in [3.8, 4) is 0 Å². The van der Waals surface area contributed by atoms with Crippen LogP contribution in [0.4, 0.5) is 23.2 Å². The van der Waals surface area contributed by atoms with Crippen LogP contribution in [0.15, 0.2) is 42.5 Å². The van der Waals surface area contributed by atoms with E-state index in [9.17, 15) is 32.3 Å². The third-order valence-corrected chi connectivity index (χ3v) is 5.92. The fourth-order valence-electron chi connectivity index (χ4n) is 3.52. The largest absolute Gasteiger partial charge is 0.481 e. The number of benzene rings is 2. The lowest BCUT2D eigenvalue weighted by molar-refractivity contribution is -0.178. The number of carbonyl (C=O) groups is 2. The molecule has 0 aromatic heterocycles. The van der Waals surface area contributed by atoms with Crippen molar-refractivity contribution < 1.29 is 32.3 Å². The molecule has 0 radical (unpaired) electrons. The number of rotatable bonds is 7. The van der Waals surface area contributed by atoms with E-state index in [-0.39, 0.29) is 17.7 Å². The zero-order valence-electron chi connectivity index (χ0n) is 16.5. The predicted molar refractivity (Wildman–Crippen MR) is 107 cm³/mol. The first kappa shape index (κ1) is 23.1. The second-order valence-corrected chi connectivity index (χ2v) is 8.36. The molecule has 1 saturated carbocycles. The smallest absolute Gasteiger partial charge is 0.392 e. The van der Waals surface area contributed by atoms with Gasteiger partial charge >= 0.3 is 12.1 Å². The Hall–Kier alpha value is -2.61. The zero-order chi connectivity index (χ0) is 23.0. The summed E-state index contributed by atoms with van der Waals surface area (Å²) in [4.78, 5) is 24.2. The van der Waals surface area contributed by atoms with E-state index < -0.39 is 41.1 Å². The normalized spacial score (nSPS) is 17.0. The Kier molecular flexibility index (Phi) is 6.32. The number of carbonyl (C=O) groups excluding carboxylic acids is 1. The van der Waals surface area contributed by atoms with Gasteiger partial charge in [-0.15, -0.1) is 0 Å². The van der Waals surface area contributed by atoms with Crippen molar-refractivity contribution >= 4 is 29.2 Å². The quantitative estimate of drug-likeness (QED) is 0.516. The molecule has 0 spiro atoms. The van der Waals surface area contributed by atoms with Gasteiger partial charge < -0.3 is 10.4 Å². The highest BCUT2D eigenvalue weighted by Gasteiger charge is 2.50. The highest BCUT2D eigenvalue weighted by Crippen LogP contribution is 2.49. The fourth-order valence-corrected chi connectivity index (χ4v) is 3.65. The summed E-state index contributed by atoms with van der Waals surface area (Å²) in [6.07, 6.45) is -3.54. The van der Waals surface area contributed by atoms with Crippen LogP contribution in [-0.4, -0.2) is 23.2 Å². The monoisotopic (exact) mass is 457 g/mol. The van der Waals surface area contributed by atoms with Crippen molar-refractivity contribution in [1.82, 2.24) is 0 Å². The molecule has 0 heterocycles. The molecule has 2 aromatic carbocycles. The van der Waals surface area contributed by atoms with Crippen molar-refractivity contribution in [2.75, 3.05) is 5.32 Å². The van der Waals surface area contributed by atoms with Crippen molar-refractivity contribution in [1.29, 1.82) is 0 Å². The Morgan fingerprint density at radius 3 is 2.29 bits per heavy atom. The number of carboxylic acid groups (broad SMARTS) is 1. The molecule has 1 amide bonds. The molecule has 0 saturated heterocycles. The molecule has 0 bridgehead atoms. The van der Waals surface area contributed by atoms with Crippen LogP contribution >= 0.6 is 11.6 Å². The van der Waals surface area contributed by atoms with Gasteiger partial charge in [0.2, 0.25) is 5.91 Å². The van der Waals surface area contributed by atoms with Crippen molar-refractivity contribution in [3.63, 3.8) is 0 Å². The number of alkyl halides is 3. The maximum Gasteiger partial charge on any atom is 0.392 e. The first-order valence-electron chi connectivity index (χ1n) is 9.58. The zero-order valence-corrected chi connectivity index (χ0v) is 17.2. The Morgan fingerprint density at radius 1 is 1.16 bits per heavy atom. The van der Waals surface area contributed by atoms with Gasteiger partial charge in [0.15, 0.2) is 0 Å². The van der Waals surface area contributed by atoms with Gasteiger partial charge in [0.1, 0.15) is 5.82 Å². The standard InChI is InChI=1S/C22H20ClF4NO3/c1-12(22(25,26)27)18(14-3-5-15(23)6-4-14)19(29)28-17-10-13(2-7-16(17)24)11-21(8-9-21)20(30)31/h2-7,10,12,18H,8-9,11H2,1H3,(H,28,29)(H,30,31)/t12-,18+/m1/s1. The maximum atomic E-state index is 14.3. The topological polar surface area (TPSA) is 66.4 Å². The molecule has 0 unspecified atom stereocenters. The number of nitrogens with one attached hydrogen (secondary N) is 1. The lowest BCUT2D eigenvalue weighted by atomic mass is 9.85. The summed E-state index contributed by atoms with van der Waals surface area (Å²) in [5, 5.41) is 11.9. The maximum absolute atomic E-state index is 14.3. The number of aliphatic carboxylic acids is 1. The van der Waals surface area contributed by atoms with E-state index in [2.05, 4.69) is 5.32 Å². The summed E-state index contributed by atoms with van der Waals surface area (Å²) in [7, 11) is 0. The summed E-state index contributed by atoms with van der Waals surface area (Å²) in [5.41, 5.74) is -0.637. The highest BCUT2D eigenvalue weighted by atomic mass is 35.5. The minimum Gasteiger partial charge on any atom is -0.481 e. The third-order valence-electron chi connectivity index (χ3n) is 5.67. The van der Waals surface area contributed by atoms with E-state index in [4.69, 9.17) is 11.6 Å². The van der Waals surface area contributed by atoms with E-state index in [0.717, 1.165) is 13.0 Å². The second-order valence-electron chi connectivity index (χ2n) is 7.93. The lowest BCUT2D eigenvalue weighted by Crippen LogP contribution is -2.34. The number of hydrogen-bond donors (Lipinski definition) is 2. The molecule has 1 aliphatic rings. The molecule has 3 rings (SSSR count). The first-order chi connectivity index (χ1) is 14.4. The predicted octanol–water partition coefficient (Wildman–Crippen LogP) is 5.81. The Bertz CT molecular complexity index is 987. The van der Waals surface area contributed by atoms with Crippen LogP contribution in [0.3, 0.4) is 0 Å². The van der Waals surface area contributed by atoms with Crippen LogP contribution in [-0.2, 0) is 16.0 Å². The summed E-state index contributed by atoms with van der Waals surface area (Å²) < 4.78 is 54.6. The number of amides is 1. The molecular formula is C22H20ClF4NO3. The number of carboxylic acids is 1. The van der Waals surface area contributed by atoms with Gasteiger partial charge in [-0.2, -0.15) is 13.2 Å². The summed E-state index contributed by atoms with van der Waals surface area (Å²) in [6, 6.07) is 9.14. The minimum absolute atomic E-state index is 0.0890. The summed E-state index contributed by atoms with van der Waals surface area (Å²) in [6.45, 7) is 0.884.